The molecule has 1 aliphatic rings. The number of aliphatic hydroxyl groups is 1. The number of carbonyl (C=O) groups is 2. The van der Waals surface area contributed by atoms with Gasteiger partial charge in [-0.05, 0) is 67.9 Å². The lowest BCUT2D eigenvalue weighted by molar-refractivity contribution is -0.140. The van der Waals surface area contributed by atoms with Crippen LogP contribution in [0.5, 0.6) is 23.0 Å². The summed E-state index contributed by atoms with van der Waals surface area (Å²) in [6, 6.07) is 20.2. The van der Waals surface area contributed by atoms with Gasteiger partial charge in [-0.3, -0.25) is 9.59 Å². The molecule has 1 amide bonds. The van der Waals surface area contributed by atoms with E-state index < -0.39 is 17.7 Å². The molecule has 0 radical (unpaired) electrons. The Bertz CT molecular complexity index is 1330. The van der Waals surface area contributed by atoms with E-state index in [0.29, 0.717) is 34.1 Å². The maximum absolute atomic E-state index is 13.3. The summed E-state index contributed by atoms with van der Waals surface area (Å²) in [7, 11) is 3.12. The number of benzene rings is 3. The highest BCUT2D eigenvalue weighted by molar-refractivity contribution is 6.46. The average Bonchev–Trinajstić information content (AvgIpc) is 3.18. The third-order valence-electron chi connectivity index (χ3n) is 6.09. The van der Waals surface area contributed by atoms with Gasteiger partial charge in [-0.25, -0.2) is 0 Å². The molecule has 0 aliphatic carbocycles. The summed E-state index contributed by atoms with van der Waals surface area (Å²) in [5, 5.41) is 11.3. The van der Waals surface area contributed by atoms with Crippen LogP contribution >= 0.6 is 0 Å². The summed E-state index contributed by atoms with van der Waals surface area (Å²) < 4.78 is 22.1. The van der Waals surface area contributed by atoms with Crippen molar-refractivity contribution in [2.24, 2.45) is 0 Å². The van der Waals surface area contributed by atoms with Crippen LogP contribution in [-0.4, -0.2) is 55.2 Å². The topological polar surface area (TPSA) is 94.5 Å². The van der Waals surface area contributed by atoms with E-state index in [1.165, 1.54) is 4.90 Å². The van der Waals surface area contributed by atoms with Crippen LogP contribution in [0.2, 0.25) is 0 Å². The van der Waals surface area contributed by atoms with Crippen LogP contribution in [0.25, 0.3) is 5.76 Å². The first-order valence-electron chi connectivity index (χ1n) is 12.3. The zero-order valence-corrected chi connectivity index (χ0v) is 21.8. The SMILES string of the molecule is COc1ccc(OCCN2C(=O)C(=O)/C(=C(\O)c3cccc(OC(C)C)c3)C2c2cccc(OC)c2)cc1. The fraction of sp³-hybridized carbons (Fsp3) is 0.267. The second kappa shape index (κ2) is 11.7. The Hall–Kier alpha value is -4.46. The molecule has 4 rings (SSSR count). The lowest BCUT2D eigenvalue weighted by atomic mass is 9.95. The Kier molecular flexibility index (Phi) is 8.21. The van der Waals surface area contributed by atoms with Gasteiger partial charge in [-0.15, -0.1) is 0 Å². The monoisotopic (exact) mass is 517 g/mol. The molecule has 38 heavy (non-hydrogen) atoms. The number of hydrogen-bond acceptors (Lipinski definition) is 7. The van der Waals surface area contributed by atoms with Crippen molar-refractivity contribution < 1.29 is 33.6 Å². The number of rotatable bonds is 10. The summed E-state index contributed by atoms with van der Waals surface area (Å²) in [5.74, 6) is 0.649. The molecule has 0 saturated carbocycles. The van der Waals surface area contributed by atoms with Crippen molar-refractivity contribution in [3.05, 3.63) is 89.5 Å². The number of carbonyl (C=O) groups excluding carboxylic acids is 2. The van der Waals surface area contributed by atoms with E-state index in [0.717, 1.165) is 0 Å². The Labute approximate surface area is 222 Å². The van der Waals surface area contributed by atoms with Crippen molar-refractivity contribution in [2.75, 3.05) is 27.4 Å². The maximum Gasteiger partial charge on any atom is 0.295 e. The number of ether oxygens (including phenoxy) is 4. The van der Waals surface area contributed by atoms with E-state index >= 15 is 0 Å². The minimum atomic E-state index is -0.834. The Balaban J connectivity index is 1.69. The zero-order valence-electron chi connectivity index (χ0n) is 21.8. The molecular formula is C30H31NO7. The summed E-state index contributed by atoms with van der Waals surface area (Å²) in [4.78, 5) is 28.0. The lowest BCUT2D eigenvalue weighted by Gasteiger charge is -2.25. The van der Waals surface area contributed by atoms with Gasteiger partial charge in [0.1, 0.15) is 35.4 Å². The van der Waals surface area contributed by atoms with Gasteiger partial charge >= 0.3 is 0 Å². The highest BCUT2D eigenvalue weighted by atomic mass is 16.5. The number of aliphatic hydroxyl groups excluding tert-OH is 1. The van der Waals surface area contributed by atoms with Crippen LogP contribution < -0.4 is 18.9 Å². The van der Waals surface area contributed by atoms with Crippen LogP contribution in [0.15, 0.2) is 78.4 Å². The van der Waals surface area contributed by atoms with Crippen molar-refractivity contribution in [2.45, 2.75) is 26.0 Å². The van der Waals surface area contributed by atoms with Crippen molar-refractivity contribution >= 4 is 17.4 Å². The van der Waals surface area contributed by atoms with Crippen molar-refractivity contribution in [3.8, 4) is 23.0 Å². The number of nitrogens with zero attached hydrogens (tertiary/aromatic N) is 1. The molecule has 3 aromatic carbocycles. The van der Waals surface area contributed by atoms with Gasteiger partial charge in [-0.2, -0.15) is 0 Å². The van der Waals surface area contributed by atoms with Gasteiger partial charge in [0.2, 0.25) is 0 Å². The van der Waals surface area contributed by atoms with E-state index in [1.807, 2.05) is 13.8 Å². The van der Waals surface area contributed by atoms with Crippen LogP contribution in [0.3, 0.4) is 0 Å². The van der Waals surface area contributed by atoms with E-state index in [4.69, 9.17) is 18.9 Å². The van der Waals surface area contributed by atoms with Crippen LogP contribution in [0.4, 0.5) is 0 Å². The molecule has 1 aliphatic heterocycles. The van der Waals surface area contributed by atoms with Crippen molar-refractivity contribution in [1.82, 2.24) is 4.90 Å². The smallest absolute Gasteiger partial charge is 0.295 e. The molecule has 198 valence electrons. The van der Waals surface area contributed by atoms with E-state index in [1.54, 1.807) is 87.0 Å². The van der Waals surface area contributed by atoms with Crippen LogP contribution in [0.1, 0.15) is 31.0 Å². The van der Waals surface area contributed by atoms with Gasteiger partial charge in [0, 0.05) is 5.56 Å². The lowest BCUT2D eigenvalue weighted by Crippen LogP contribution is -2.33. The number of Topliss-reactive ketones (excluding diaryl/α,β-unsaturated/α-hetero) is 1. The molecule has 3 aromatic rings. The molecule has 1 unspecified atom stereocenters. The highest BCUT2D eigenvalue weighted by Crippen LogP contribution is 2.40. The van der Waals surface area contributed by atoms with Gasteiger partial charge in [0.15, 0.2) is 0 Å². The number of hydrogen-bond donors (Lipinski definition) is 1. The third-order valence-corrected chi connectivity index (χ3v) is 6.09. The quantitative estimate of drug-likeness (QED) is 0.230. The minimum Gasteiger partial charge on any atom is -0.507 e. The molecule has 1 N–H and O–H groups in total. The third kappa shape index (κ3) is 5.75. The molecule has 1 atom stereocenters. The summed E-state index contributed by atoms with van der Waals surface area (Å²) in [5.41, 5.74) is 1.00. The molecule has 0 aromatic heterocycles. The number of ketones is 1. The predicted octanol–water partition coefficient (Wildman–Crippen LogP) is 4.99. The number of amides is 1. The molecule has 0 bridgehead atoms. The maximum atomic E-state index is 13.3. The van der Waals surface area contributed by atoms with Crippen LogP contribution in [0, 0.1) is 0 Å². The fourth-order valence-corrected chi connectivity index (χ4v) is 4.35. The van der Waals surface area contributed by atoms with E-state index in [2.05, 4.69) is 0 Å². The molecule has 8 nitrogen and oxygen atoms in total. The predicted molar refractivity (Wildman–Crippen MR) is 143 cm³/mol. The van der Waals surface area contributed by atoms with Crippen LogP contribution in [-0.2, 0) is 9.59 Å². The number of methoxy groups -OCH3 is 2. The highest BCUT2D eigenvalue weighted by Gasteiger charge is 2.46. The fourth-order valence-electron chi connectivity index (χ4n) is 4.35. The Morgan fingerprint density at radius 3 is 2.21 bits per heavy atom. The molecule has 1 saturated heterocycles. The largest absolute Gasteiger partial charge is 0.507 e. The zero-order chi connectivity index (χ0) is 27.2. The van der Waals surface area contributed by atoms with Crippen molar-refractivity contribution in [1.29, 1.82) is 0 Å². The summed E-state index contributed by atoms with van der Waals surface area (Å²) >= 11 is 0. The second-order valence-electron chi connectivity index (χ2n) is 8.99. The molecule has 1 heterocycles. The first-order valence-corrected chi connectivity index (χ1v) is 12.3. The molecule has 0 spiro atoms. The van der Waals surface area contributed by atoms with Crippen molar-refractivity contribution in [3.63, 3.8) is 0 Å². The molecule has 1 fully saturated rings. The standard InChI is InChI=1S/C30H31NO7/c1-19(2)38-25-10-6-8-21(18-25)28(32)26-27(20-7-5-9-24(17-20)36-4)31(30(34)29(26)33)15-16-37-23-13-11-22(35-3)12-14-23/h5-14,17-19,27,32H,15-16H2,1-4H3/b28-26-. The van der Waals surface area contributed by atoms with Gasteiger partial charge in [0.05, 0.1) is 38.5 Å². The molecule has 8 heteroatoms. The van der Waals surface area contributed by atoms with E-state index in [9.17, 15) is 14.7 Å². The summed E-state index contributed by atoms with van der Waals surface area (Å²) in [6.07, 6.45) is -0.0690. The van der Waals surface area contributed by atoms with Gasteiger partial charge in [-0.1, -0.05) is 24.3 Å². The molecular weight excluding hydrogens is 486 g/mol. The average molecular weight is 518 g/mol. The Morgan fingerprint density at radius 2 is 1.53 bits per heavy atom. The minimum absolute atomic E-state index is 0.00519. The second-order valence-corrected chi connectivity index (χ2v) is 8.99. The number of likely N-dealkylation sites (tertiary alicyclic amines) is 1. The van der Waals surface area contributed by atoms with Gasteiger partial charge < -0.3 is 29.0 Å². The first-order chi connectivity index (χ1) is 18.3. The first kappa shape index (κ1) is 26.6. The Morgan fingerprint density at radius 1 is 0.868 bits per heavy atom. The van der Waals surface area contributed by atoms with Gasteiger partial charge in [0.25, 0.3) is 11.7 Å². The van der Waals surface area contributed by atoms with E-state index in [-0.39, 0.29) is 30.6 Å². The normalized spacial score (nSPS) is 16.6. The summed E-state index contributed by atoms with van der Waals surface area (Å²) in [6.45, 7) is 4.05.